The van der Waals surface area contributed by atoms with Gasteiger partial charge in [0, 0.05) is 0 Å². The minimum absolute atomic E-state index is 0.597. The number of amides is 2. The van der Waals surface area contributed by atoms with Crippen molar-refractivity contribution in [3.05, 3.63) is 30.3 Å². The zero-order valence-corrected chi connectivity index (χ0v) is 6.95. The van der Waals surface area contributed by atoms with E-state index in [1.54, 1.807) is 24.3 Å². The number of primary amides is 1. The van der Waals surface area contributed by atoms with Gasteiger partial charge in [-0.1, -0.05) is 18.2 Å². The van der Waals surface area contributed by atoms with E-state index in [9.17, 15) is 4.79 Å². The molecule has 1 aromatic rings. The third-order valence-electron chi connectivity index (χ3n) is 1.32. The van der Waals surface area contributed by atoms with Crippen LogP contribution in [-0.2, 0) is 0 Å². The first-order chi connectivity index (χ1) is 5.75. The molecule has 12 heavy (non-hydrogen) atoms. The molecule has 4 nitrogen and oxygen atoms in total. The van der Waals surface area contributed by atoms with Gasteiger partial charge >= 0.3 is 6.03 Å². The fourth-order valence-electron chi connectivity index (χ4n) is 0.795. The second-order valence-electron chi connectivity index (χ2n) is 2.09. The fourth-order valence-corrected chi connectivity index (χ4v) is 0.976. The summed E-state index contributed by atoms with van der Waals surface area (Å²) >= 11 is 5.27. The molecule has 1 aromatic carbocycles. The summed E-state index contributed by atoms with van der Waals surface area (Å²) in [5.74, 6) is 0. The molecule has 0 fully saturated rings. The number of rotatable bonds is 2. The van der Waals surface area contributed by atoms with Gasteiger partial charge in [0.2, 0.25) is 0 Å². The van der Waals surface area contributed by atoms with Crippen molar-refractivity contribution >= 4 is 23.5 Å². The topological polar surface area (TPSA) is 58.4 Å². The van der Waals surface area contributed by atoms with Crippen molar-refractivity contribution in [1.82, 2.24) is 4.94 Å². The second-order valence-corrected chi connectivity index (χ2v) is 2.26. The third-order valence-corrected chi connectivity index (χ3v) is 1.49. The number of nitrogens with one attached hydrogen (secondary N) is 1. The van der Waals surface area contributed by atoms with Gasteiger partial charge in [-0.05, 0) is 23.9 Å². The second kappa shape index (κ2) is 3.94. The Bertz CT molecular complexity index is 265. The molecule has 0 atom stereocenters. The summed E-state index contributed by atoms with van der Waals surface area (Å²) < 4.78 is 0. The molecule has 2 amide bonds. The predicted octanol–water partition coefficient (Wildman–Crippen LogP) is 1.23. The van der Waals surface area contributed by atoms with Gasteiger partial charge in [-0.15, -0.1) is 4.94 Å². The monoisotopic (exact) mass is 185 g/mol. The number of hydrazine groups is 1. The van der Waals surface area contributed by atoms with E-state index in [1.165, 1.54) is 0 Å². The zero-order valence-electron chi connectivity index (χ0n) is 6.20. The number of hydrogen-bond acceptors (Lipinski definition) is 2. The van der Waals surface area contributed by atoms with Crippen molar-refractivity contribution in [2.24, 2.45) is 5.73 Å². The highest BCUT2D eigenvalue weighted by Gasteiger charge is 2.08. The Morgan fingerprint density at radius 1 is 1.42 bits per heavy atom. The van der Waals surface area contributed by atoms with E-state index in [-0.39, 0.29) is 0 Å². The fraction of sp³-hybridized carbons (Fsp3) is 0. The van der Waals surface area contributed by atoms with Gasteiger partial charge in [-0.2, -0.15) is 0 Å². The van der Waals surface area contributed by atoms with E-state index in [2.05, 4.69) is 4.94 Å². The largest absolute Gasteiger partial charge is 0.350 e. The molecule has 5 heteroatoms. The van der Waals surface area contributed by atoms with Crippen LogP contribution < -0.4 is 15.7 Å². The predicted molar refractivity (Wildman–Crippen MR) is 47.5 cm³/mol. The number of anilines is 1. The van der Waals surface area contributed by atoms with Crippen molar-refractivity contribution in [2.75, 3.05) is 5.01 Å². The van der Waals surface area contributed by atoms with Crippen LogP contribution in [0, 0.1) is 0 Å². The Morgan fingerprint density at radius 3 is 2.42 bits per heavy atom. The Morgan fingerprint density at radius 2 is 2.00 bits per heavy atom. The zero-order chi connectivity index (χ0) is 8.97. The van der Waals surface area contributed by atoms with Gasteiger partial charge in [-0.3, -0.25) is 0 Å². The van der Waals surface area contributed by atoms with Crippen LogP contribution in [0.1, 0.15) is 0 Å². The third kappa shape index (κ3) is 1.87. The standard InChI is InChI=1S/C7H8ClN3O/c8-10-11(7(9)12)6-4-2-1-3-5-6/h1-5,10H,(H2,9,12). The molecule has 0 aliphatic heterocycles. The first kappa shape index (κ1) is 8.83. The molecule has 0 radical (unpaired) electrons. The van der Waals surface area contributed by atoms with Crippen LogP contribution >= 0.6 is 11.8 Å². The molecular formula is C7H8ClN3O. The van der Waals surface area contributed by atoms with Crippen LogP contribution in [0.4, 0.5) is 10.5 Å². The highest BCUT2D eigenvalue weighted by Crippen LogP contribution is 2.10. The lowest BCUT2D eigenvalue weighted by Crippen LogP contribution is -2.41. The van der Waals surface area contributed by atoms with Crippen LogP contribution in [-0.4, -0.2) is 6.03 Å². The van der Waals surface area contributed by atoms with E-state index in [4.69, 9.17) is 17.5 Å². The number of benzene rings is 1. The Labute approximate surface area is 75.0 Å². The van der Waals surface area contributed by atoms with Gasteiger partial charge in [0.05, 0.1) is 5.69 Å². The molecule has 0 unspecified atom stereocenters. The van der Waals surface area contributed by atoms with E-state index >= 15 is 0 Å². The molecule has 0 aliphatic carbocycles. The maximum Gasteiger partial charge on any atom is 0.334 e. The Kier molecular flexibility index (Phi) is 2.90. The number of nitrogens with two attached hydrogens (primary N) is 1. The number of carbonyl (C=O) groups is 1. The summed E-state index contributed by atoms with van der Waals surface area (Å²) in [6.07, 6.45) is 0. The first-order valence-corrected chi connectivity index (χ1v) is 3.64. The van der Waals surface area contributed by atoms with Gasteiger partial charge in [-0.25, -0.2) is 9.80 Å². The van der Waals surface area contributed by atoms with Crippen LogP contribution in [0.3, 0.4) is 0 Å². The molecular weight excluding hydrogens is 178 g/mol. The quantitative estimate of drug-likeness (QED) is 0.538. The van der Waals surface area contributed by atoms with Crippen molar-refractivity contribution in [2.45, 2.75) is 0 Å². The van der Waals surface area contributed by atoms with Crippen LogP contribution in [0.5, 0.6) is 0 Å². The number of nitrogens with zero attached hydrogens (tertiary/aromatic N) is 1. The normalized spacial score (nSPS) is 9.42. The number of halogens is 1. The van der Waals surface area contributed by atoms with E-state index in [1.807, 2.05) is 6.07 Å². The van der Waals surface area contributed by atoms with Gasteiger partial charge in [0.15, 0.2) is 0 Å². The van der Waals surface area contributed by atoms with Gasteiger partial charge in [0.25, 0.3) is 0 Å². The molecule has 64 valence electrons. The van der Waals surface area contributed by atoms with E-state index in [0.717, 1.165) is 5.01 Å². The highest BCUT2D eigenvalue weighted by atomic mass is 35.5. The number of hydrogen-bond donors (Lipinski definition) is 2. The lowest BCUT2D eigenvalue weighted by molar-refractivity contribution is 0.253. The average Bonchev–Trinajstić information content (AvgIpc) is 2.07. The SMILES string of the molecule is NC(=O)N(NCl)c1ccccc1. The minimum Gasteiger partial charge on any atom is -0.350 e. The van der Waals surface area contributed by atoms with E-state index in [0.29, 0.717) is 5.69 Å². The molecule has 0 aromatic heterocycles. The van der Waals surface area contributed by atoms with Crippen molar-refractivity contribution < 1.29 is 4.79 Å². The minimum atomic E-state index is -0.656. The number of para-hydroxylation sites is 1. The summed E-state index contributed by atoms with van der Waals surface area (Å²) in [7, 11) is 0. The molecule has 3 N–H and O–H groups in total. The molecule has 1 rings (SSSR count). The molecule has 0 bridgehead atoms. The molecule has 0 saturated carbocycles. The molecule has 0 heterocycles. The number of carbonyl (C=O) groups excluding carboxylic acids is 1. The van der Waals surface area contributed by atoms with Crippen molar-refractivity contribution in [3.63, 3.8) is 0 Å². The number of urea groups is 1. The van der Waals surface area contributed by atoms with Crippen LogP contribution in [0.15, 0.2) is 30.3 Å². The molecule has 0 saturated heterocycles. The lowest BCUT2D eigenvalue weighted by Gasteiger charge is -2.16. The Balaban J connectivity index is 2.88. The maximum absolute atomic E-state index is 10.7. The summed E-state index contributed by atoms with van der Waals surface area (Å²) in [5.41, 5.74) is 5.62. The summed E-state index contributed by atoms with van der Waals surface area (Å²) in [4.78, 5) is 12.9. The summed E-state index contributed by atoms with van der Waals surface area (Å²) in [5, 5.41) is 1.03. The summed E-state index contributed by atoms with van der Waals surface area (Å²) in [6, 6.07) is 8.15. The van der Waals surface area contributed by atoms with Gasteiger partial charge in [0.1, 0.15) is 0 Å². The molecule has 0 spiro atoms. The average molecular weight is 186 g/mol. The van der Waals surface area contributed by atoms with Crippen LogP contribution in [0.2, 0.25) is 0 Å². The first-order valence-electron chi connectivity index (χ1n) is 3.26. The van der Waals surface area contributed by atoms with E-state index < -0.39 is 6.03 Å². The highest BCUT2D eigenvalue weighted by molar-refractivity contribution is 6.16. The van der Waals surface area contributed by atoms with Gasteiger partial charge < -0.3 is 5.73 Å². The van der Waals surface area contributed by atoms with Crippen LogP contribution in [0.25, 0.3) is 0 Å². The van der Waals surface area contributed by atoms with Crippen molar-refractivity contribution in [3.8, 4) is 0 Å². The summed E-state index contributed by atoms with van der Waals surface area (Å²) in [6.45, 7) is 0. The lowest BCUT2D eigenvalue weighted by atomic mass is 10.3. The van der Waals surface area contributed by atoms with Crippen molar-refractivity contribution in [1.29, 1.82) is 0 Å². The Hall–Kier alpha value is -1.26. The maximum atomic E-state index is 10.7. The smallest absolute Gasteiger partial charge is 0.334 e. The molecule has 0 aliphatic rings.